The molecule has 0 radical (unpaired) electrons. The fraction of sp³-hybridized carbons (Fsp3) is 0.500. The second-order valence-electron chi connectivity index (χ2n) is 5.67. The van der Waals surface area contributed by atoms with Crippen LogP contribution in [0.2, 0.25) is 0 Å². The zero-order chi connectivity index (χ0) is 15.4. The van der Waals surface area contributed by atoms with Crippen LogP contribution in [0.25, 0.3) is 10.8 Å². The van der Waals surface area contributed by atoms with E-state index in [1.165, 1.54) is 19.3 Å². The van der Waals surface area contributed by atoms with Crippen LogP contribution >= 0.6 is 11.3 Å². The third-order valence-electron chi connectivity index (χ3n) is 3.97. The Bertz CT molecular complexity index is 615. The van der Waals surface area contributed by atoms with Crippen LogP contribution < -0.4 is 10.6 Å². The van der Waals surface area contributed by atoms with Crippen molar-refractivity contribution >= 4 is 17.4 Å². The fourth-order valence-electron chi connectivity index (χ4n) is 2.74. The van der Waals surface area contributed by atoms with Gasteiger partial charge >= 0.3 is 6.03 Å². The summed E-state index contributed by atoms with van der Waals surface area (Å²) in [5, 5.41) is 6.85. The number of rotatable bonds is 4. The van der Waals surface area contributed by atoms with E-state index in [0.717, 1.165) is 34.2 Å². The Morgan fingerprint density at radius 2 is 2.23 bits per heavy atom. The first-order chi connectivity index (χ1) is 10.7. The van der Waals surface area contributed by atoms with Crippen LogP contribution in [-0.4, -0.2) is 17.1 Å². The Morgan fingerprint density at radius 1 is 1.41 bits per heavy atom. The molecule has 2 amide bonds. The predicted molar refractivity (Wildman–Crippen MR) is 86.8 cm³/mol. The molecule has 0 bridgehead atoms. The lowest BCUT2D eigenvalue weighted by Crippen LogP contribution is -2.42. The molecule has 3 rings (SSSR count). The molecule has 2 N–H and O–H groups in total. The van der Waals surface area contributed by atoms with Gasteiger partial charge < -0.3 is 15.1 Å². The second kappa shape index (κ2) is 6.96. The number of carbonyl (C=O) groups is 1. The second-order valence-corrected chi connectivity index (χ2v) is 6.75. The minimum atomic E-state index is -0.0840. The van der Waals surface area contributed by atoms with Crippen molar-refractivity contribution in [3.8, 4) is 10.8 Å². The summed E-state index contributed by atoms with van der Waals surface area (Å²) in [7, 11) is 0. The summed E-state index contributed by atoms with van der Waals surface area (Å²) in [6, 6.07) is 3.99. The van der Waals surface area contributed by atoms with Gasteiger partial charge in [-0.1, -0.05) is 19.3 Å². The fourth-order valence-corrected chi connectivity index (χ4v) is 3.71. The van der Waals surface area contributed by atoms with Gasteiger partial charge in [0.1, 0.15) is 0 Å². The lowest BCUT2D eigenvalue weighted by Gasteiger charge is -2.22. The van der Waals surface area contributed by atoms with Crippen LogP contribution in [0.1, 0.15) is 42.7 Å². The van der Waals surface area contributed by atoms with Gasteiger partial charge in [-0.05, 0) is 31.9 Å². The first-order valence-electron chi connectivity index (χ1n) is 7.77. The average molecular weight is 319 g/mol. The Kier molecular flexibility index (Phi) is 4.77. The number of urea groups is 1. The standard InChI is InChI=1S/C16H21N3O2S/c1-11-14(22-15(18-11)13-8-5-9-21-13)10-17-16(20)19-12-6-3-2-4-7-12/h5,8-9,12H,2-4,6-7,10H2,1H3,(H2,17,19,20). The molecular weight excluding hydrogens is 298 g/mol. The van der Waals surface area contributed by atoms with E-state index in [9.17, 15) is 4.79 Å². The smallest absolute Gasteiger partial charge is 0.315 e. The first kappa shape index (κ1) is 15.1. The summed E-state index contributed by atoms with van der Waals surface area (Å²) < 4.78 is 5.36. The summed E-state index contributed by atoms with van der Waals surface area (Å²) in [5.74, 6) is 0.769. The molecule has 0 spiro atoms. The summed E-state index contributed by atoms with van der Waals surface area (Å²) in [6.07, 6.45) is 7.54. The van der Waals surface area contributed by atoms with Crippen molar-refractivity contribution < 1.29 is 9.21 Å². The summed E-state index contributed by atoms with van der Waals surface area (Å²) in [4.78, 5) is 17.5. The van der Waals surface area contributed by atoms with Gasteiger partial charge in [0.2, 0.25) is 0 Å². The molecule has 1 aliphatic carbocycles. The molecule has 118 valence electrons. The van der Waals surface area contributed by atoms with Crippen LogP contribution in [-0.2, 0) is 6.54 Å². The van der Waals surface area contributed by atoms with Crippen LogP contribution in [0.5, 0.6) is 0 Å². The third-order valence-corrected chi connectivity index (χ3v) is 5.15. The highest BCUT2D eigenvalue weighted by atomic mass is 32.1. The van der Waals surface area contributed by atoms with Crippen molar-refractivity contribution in [3.05, 3.63) is 29.0 Å². The number of hydrogen-bond acceptors (Lipinski definition) is 4. The Balaban J connectivity index is 1.53. The highest BCUT2D eigenvalue weighted by Gasteiger charge is 2.16. The first-order valence-corrected chi connectivity index (χ1v) is 8.58. The summed E-state index contributed by atoms with van der Waals surface area (Å²) in [6.45, 7) is 2.46. The molecule has 0 unspecified atom stereocenters. The topological polar surface area (TPSA) is 67.2 Å². The monoisotopic (exact) mass is 319 g/mol. The number of aromatic nitrogens is 1. The number of furan rings is 1. The van der Waals surface area contributed by atoms with Crippen molar-refractivity contribution in [1.82, 2.24) is 15.6 Å². The molecule has 0 aromatic carbocycles. The van der Waals surface area contributed by atoms with Gasteiger partial charge in [0.15, 0.2) is 10.8 Å². The van der Waals surface area contributed by atoms with Crippen molar-refractivity contribution in [3.63, 3.8) is 0 Å². The number of amides is 2. The van der Waals surface area contributed by atoms with E-state index in [4.69, 9.17) is 4.42 Å². The van der Waals surface area contributed by atoms with Crippen LogP contribution in [0.3, 0.4) is 0 Å². The maximum absolute atomic E-state index is 12.0. The largest absolute Gasteiger partial charge is 0.462 e. The van der Waals surface area contributed by atoms with Gasteiger partial charge in [-0.2, -0.15) is 0 Å². The number of aryl methyl sites for hydroxylation is 1. The van der Waals surface area contributed by atoms with E-state index < -0.39 is 0 Å². The molecule has 6 heteroatoms. The Hall–Kier alpha value is -1.82. The maximum atomic E-state index is 12.0. The molecule has 2 heterocycles. The van der Waals surface area contributed by atoms with E-state index in [1.54, 1.807) is 17.6 Å². The number of hydrogen-bond donors (Lipinski definition) is 2. The Morgan fingerprint density at radius 3 is 2.95 bits per heavy atom. The van der Waals surface area contributed by atoms with Gasteiger partial charge in [-0.25, -0.2) is 9.78 Å². The lowest BCUT2D eigenvalue weighted by molar-refractivity contribution is 0.232. The van der Waals surface area contributed by atoms with Crippen molar-refractivity contribution in [2.24, 2.45) is 0 Å². The molecule has 2 aromatic heterocycles. The van der Waals surface area contributed by atoms with Gasteiger partial charge in [0, 0.05) is 10.9 Å². The molecular formula is C16H21N3O2S. The molecule has 22 heavy (non-hydrogen) atoms. The summed E-state index contributed by atoms with van der Waals surface area (Å²) >= 11 is 1.56. The van der Waals surface area contributed by atoms with Crippen molar-refractivity contribution in [2.45, 2.75) is 51.6 Å². The van der Waals surface area contributed by atoms with Crippen LogP contribution in [0.15, 0.2) is 22.8 Å². The van der Waals surface area contributed by atoms with E-state index in [1.807, 2.05) is 19.1 Å². The minimum absolute atomic E-state index is 0.0840. The predicted octanol–water partition coefficient (Wildman–Crippen LogP) is 3.84. The normalized spacial score (nSPS) is 15.7. The van der Waals surface area contributed by atoms with E-state index in [-0.39, 0.29) is 6.03 Å². The van der Waals surface area contributed by atoms with Gasteiger partial charge in [0.25, 0.3) is 0 Å². The molecule has 0 atom stereocenters. The van der Waals surface area contributed by atoms with Gasteiger partial charge in [0.05, 0.1) is 18.5 Å². The number of carbonyl (C=O) groups excluding carboxylic acids is 1. The molecule has 1 saturated carbocycles. The van der Waals surface area contributed by atoms with Crippen LogP contribution in [0, 0.1) is 6.92 Å². The zero-order valence-corrected chi connectivity index (χ0v) is 13.5. The molecule has 5 nitrogen and oxygen atoms in total. The SMILES string of the molecule is Cc1nc(-c2ccco2)sc1CNC(=O)NC1CCCCC1. The molecule has 1 aliphatic rings. The summed E-state index contributed by atoms with van der Waals surface area (Å²) in [5.41, 5.74) is 0.939. The highest BCUT2D eigenvalue weighted by Crippen LogP contribution is 2.28. The Labute approximate surface area is 134 Å². The third kappa shape index (κ3) is 3.68. The molecule has 0 aliphatic heterocycles. The van der Waals surface area contributed by atoms with Crippen molar-refractivity contribution in [1.29, 1.82) is 0 Å². The van der Waals surface area contributed by atoms with Crippen LogP contribution in [0.4, 0.5) is 4.79 Å². The zero-order valence-electron chi connectivity index (χ0n) is 12.7. The average Bonchev–Trinajstić information content (AvgIpc) is 3.16. The molecule has 1 fully saturated rings. The van der Waals surface area contributed by atoms with E-state index >= 15 is 0 Å². The minimum Gasteiger partial charge on any atom is -0.462 e. The lowest BCUT2D eigenvalue weighted by atomic mass is 9.96. The number of nitrogens with one attached hydrogen (secondary N) is 2. The van der Waals surface area contributed by atoms with Gasteiger partial charge in [-0.15, -0.1) is 11.3 Å². The maximum Gasteiger partial charge on any atom is 0.315 e. The molecule has 0 saturated heterocycles. The van der Waals surface area contributed by atoms with E-state index in [2.05, 4.69) is 15.6 Å². The molecule has 2 aromatic rings. The van der Waals surface area contributed by atoms with E-state index in [0.29, 0.717) is 12.6 Å². The quantitative estimate of drug-likeness (QED) is 0.899. The van der Waals surface area contributed by atoms with Crippen molar-refractivity contribution in [2.75, 3.05) is 0 Å². The van der Waals surface area contributed by atoms with Gasteiger partial charge in [-0.3, -0.25) is 0 Å². The highest BCUT2D eigenvalue weighted by molar-refractivity contribution is 7.15. The number of nitrogens with zero attached hydrogens (tertiary/aromatic N) is 1. The number of thiazole rings is 1.